The van der Waals surface area contributed by atoms with Crippen LogP contribution in [0.5, 0.6) is 0 Å². The molecule has 1 fully saturated rings. The van der Waals surface area contributed by atoms with Gasteiger partial charge in [0.25, 0.3) is 0 Å². The zero-order valence-electron chi connectivity index (χ0n) is 7.45. The van der Waals surface area contributed by atoms with Crippen molar-refractivity contribution >= 4 is 5.97 Å². The fourth-order valence-electron chi connectivity index (χ4n) is 1.20. The van der Waals surface area contributed by atoms with E-state index in [0.29, 0.717) is 19.6 Å². The van der Waals surface area contributed by atoms with Crippen molar-refractivity contribution in [3.05, 3.63) is 0 Å². The third-order valence-electron chi connectivity index (χ3n) is 1.98. The van der Waals surface area contributed by atoms with Gasteiger partial charge in [0.05, 0.1) is 32.3 Å². The van der Waals surface area contributed by atoms with Crippen molar-refractivity contribution in [1.82, 2.24) is 5.32 Å². The second kappa shape index (κ2) is 4.42. The topological polar surface area (TPSA) is 49.6 Å². The molecule has 0 aromatic heterocycles. The highest BCUT2D eigenvalue weighted by atomic mass is 16.5. The first-order valence-electron chi connectivity index (χ1n) is 4.09. The second-order valence-electron chi connectivity index (χ2n) is 2.83. The number of methoxy groups -OCH3 is 1. The van der Waals surface area contributed by atoms with Crippen LogP contribution in [0.4, 0.5) is 0 Å². The number of nitrogens with zero attached hydrogens (tertiary/aromatic N) is 1. The summed E-state index contributed by atoms with van der Waals surface area (Å²) in [6, 6.07) is -0.0220. The Balaban J connectivity index is 2.33. The normalized spacial score (nSPS) is 29.8. The van der Waals surface area contributed by atoms with Crippen LogP contribution in [-0.4, -0.2) is 38.4 Å². The van der Waals surface area contributed by atoms with Crippen molar-refractivity contribution in [3.63, 3.8) is 0 Å². The van der Waals surface area contributed by atoms with Gasteiger partial charge in [-0.1, -0.05) is 0 Å². The summed E-state index contributed by atoms with van der Waals surface area (Å²) in [6.07, 6.45) is 0.371. The number of carbonyl (C=O) groups is 1. The Morgan fingerprint density at radius 3 is 3.08 bits per heavy atom. The molecule has 1 radical (unpaired) electrons. The zero-order valence-corrected chi connectivity index (χ0v) is 7.45. The standard InChI is InChI=1S/C8H14NO3/c1-6-7(5-8(10)11-2)9-3-4-12-6/h6-7H,3-5H2,1-2H3. The predicted molar refractivity (Wildman–Crippen MR) is 42.8 cm³/mol. The van der Waals surface area contributed by atoms with E-state index in [1.807, 2.05) is 6.92 Å². The van der Waals surface area contributed by atoms with E-state index in [1.165, 1.54) is 7.11 Å². The van der Waals surface area contributed by atoms with Gasteiger partial charge in [-0.3, -0.25) is 4.79 Å². The molecule has 1 aliphatic rings. The first-order chi connectivity index (χ1) is 5.74. The molecule has 0 aromatic rings. The maximum atomic E-state index is 10.9. The summed E-state index contributed by atoms with van der Waals surface area (Å²) in [7, 11) is 1.39. The summed E-state index contributed by atoms with van der Waals surface area (Å²) in [5, 5.41) is 4.27. The molecule has 0 N–H and O–H groups in total. The Kier molecular flexibility index (Phi) is 3.49. The molecule has 2 unspecified atom stereocenters. The van der Waals surface area contributed by atoms with Crippen LogP contribution in [-0.2, 0) is 14.3 Å². The molecule has 2 atom stereocenters. The summed E-state index contributed by atoms with van der Waals surface area (Å²) in [6.45, 7) is 3.28. The van der Waals surface area contributed by atoms with Crippen LogP contribution in [0.2, 0.25) is 0 Å². The molecule has 0 saturated carbocycles. The van der Waals surface area contributed by atoms with Crippen molar-refractivity contribution in [3.8, 4) is 0 Å². The molecular weight excluding hydrogens is 158 g/mol. The van der Waals surface area contributed by atoms with E-state index >= 15 is 0 Å². The first-order valence-corrected chi connectivity index (χ1v) is 4.09. The van der Waals surface area contributed by atoms with Crippen LogP contribution in [0.25, 0.3) is 0 Å². The van der Waals surface area contributed by atoms with E-state index in [2.05, 4.69) is 10.1 Å². The fraction of sp³-hybridized carbons (Fsp3) is 0.875. The summed E-state index contributed by atoms with van der Waals surface area (Å²) in [5.74, 6) is -0.221. The minimum Gasteiger partial charge on any atom is -0.469 e. The minimum absolute atomic E-state index is 0.0220. The lowest BCUT2D eigenvalue weighted by molar-refractivity contribution is -0.142. The van der Waals surface area contributed by atoms with E-state index in [4.69, 9.17) is 4.74 Å². The molecule has 4 nitrogen and oxygen atoms in total. The number of carbonyl (C=O) groups excluding carboxylic acids is 1. The average molecular weight is 172 g/mol. The fourth-order valence-corrected chi connectivity index (χ4v) is 1.20. The van der Waals surface area contributed by atoms with Gasteiger partial charge in [0.1, 0.15) is 0 Å². The van der Waals surface area contributed by atoms with Gasteiger partial charge >= 0.3 is 5.97 Å². The smallest absolute Gasteiger partial charge is 0.307 e. The van der Waals surface area contributed by atoms with Crippen molar-refractivity contribution in [2.75, 3.05) is 20.3 Å². The Labute approximate surface area is 72.2 Å². The van der Waals surface area contributed by atoms with Gasteiger partial charge < -0.3 is 9.47 Å². The molecule has 0 spiro atoms. The highest BCUT2D eigenvalue weighted by Crippen LogP contribution is 2.09. The third-order valence-corrected chi connectivity index (χ3v) is 1.98. The maximum Gasteiger partial charge on any atom is 0.307 e. The maximum absolute atomic E-state index is 10.9. The van der Waals surface area contributed by atoms with Crippen molar-refractivity contribution < 1.29 is 14.3 Å². The lowest BCUT2D eigenvalue weighted by Crippen LogP contribution is -2.43. The van der Waals surface area contributed by atoms with Crippen LogP contribution >= 0.6 is 0 Å². The molecule has 1 aliphatic heterocycles. The summed E-state index contributed by atoms with van der Waals surface area (Å²) >= 11 is 0. The molecule has 1 rings (SSSR count). The van der Waals surface area contributed by atoms with Gasteiger partial charge in [-0.15, -0.1) is 0 Å². The van der Waals surface area contributed by atoms with Gasteiger partial charge in [0.15, 0.2) is 0 Å². The number of esters is 1. The van der Waals surface area contributed by atoms with Gasteiger partial charge in [0, 0.05) is 6.54 Å². The van der Waals surface area contributed by atoms with E-state index in [9.17, 15) is 4.79 Å². The van der Waals surface area contributed by atoms with E-state index in [-0.39, 0.29) is 18.1 Å². The van der Waals surface area contributed by atoms with Crippen molar-refractivity contribution in [2.24, 2.45) is 0 Å². The highest BCUT2D eigenvalue weighted by molar-refractivity contribution is 5.70. The van der Waals surface area contributed by atoms with E-state index in [1.54, 1.807) is 0 Å². The van der Waals surface area contributed by atoms with E-state index in [0.717, 1.165) is 0 Å². The van der Waals surface area contributed by atoms with E-state index < -0.39 is 0 Å². The summed E-state index contributed by atoms with van der Waals surface area (Å²) < 4.78 is 9.88. The largest absolute Gasteiger partial charge is 0.469 e. The number of ether oxygens (including phenoxy) is 2. The average Bonchev–Trinajstić information content (AvgIpc) is 2.09. The van der Waals surface area contributed by atoms with Gasteiger partial charge in [-0.25, -0.2) is 5.32 Å². The van der Waals surface area contributed by atoms with Crippen LogP contribution in [0.15, 0.2) is 0 Å². The third kappa shape index (κ3) is 2.46. The van der Waals surface area contributed by atoms with Gasteiger partial charge in [0.2, 0.25) is 0 Å². The Morgan fingerprint density at radius 2 is 2.50 bits per heavy atom. The van der Waals surface area contributed by atoms with Gasteiger partial charge in [-0.05, 0) is 6.92 Å². The number of hydrogen-bond donors (Lipinski definition) is 0. The monoisotopic (exact) mass is 172 g/mol. The van der Waals surface area contributed by atoms with Crippen LogP contribution in [0.1, 0.15) is 13.3 Å². The molecular formula is C8H14NO3. The van der Waals surface area contributed by atoms with Crippen LogP contribution in [0, 0.1) is 0 Å². The molecule has 69 valence electrons. The summed E-state index contributed by atoms with van der Waals surface area (Å²) in [5.41, 5.74) is 0. The minimum atomic E-state index is -0.221. The molecule has 0 aliphatic carbocycles. The summed E-state index contributed by atoms with van der Waals surface area (Å²) in [4.78, 5) is 10.9. The molecule has 0 bridgehead atoms. The lowest BCUT2D eigenvalue weighted by atomic mass is 10.1. The van der Waals surface area contributed by atoms with Gasteiger partial charge in [-0.2, -0.15) is 0 Å². The van der Waals surface area contributed by atoms with Crippen molar-refractivity contribution in [2.45, 2.75) is 25.5 Å². The number of hydrogen-bond acceptors (Lipinski definition) is 3. The molecule has 1 saturated heterocycles. The molecule has 12 heavy (non-hydrogen) atoms. The Morgan fingerprint density at radius 1 is 1.75 bits per heavy atom. The molecule has 1 heterocycles. The Bertz CT molecular complexity index is 160. The zero-order chi connectivity index (χ0) is 8.97. The number of rotatable bonds is 2. The highest BCUT2D eigenvalue weighted by Gasteiger charge is 2.25. The number of morpholine rings is 1. The quantitative estimate of drug-likeness (QED) is 0.548. The van der Waals surface area contributed by atoms with Crippen LogP contribution in [0.3, 0.4) is 0 Å². The molecule has 0 amide bonds. The predicted octanol–water partition coefficient (Wildman–Crippen LogP) is -0.0588. The first kappa shape index (κ1) is 9.48. The molecule has 0 aromatic carbocycles. The SMILES string of the molecule is COC(=O)CC1[N]CCOC1C. The lowest BCUT2D eigenvalue weighted by Gasteiger charge is -2.27. The van der Waals surface area contributed by atoms with Crippen LogP contribution < -0.4 is 5.32 Å². The Hall–Kier alpha value is -0.610. The second-order valence-corrected chi connectivity index (χ2v) is 2.83. The van der Waals surface area contributed by atoms with Crippen molar-refractivity contribution in [1.29, 1.82) is 0 Å². The molecule has 4 heteroatoms.